The van der Waals surface area contributed by atoms with Crippen molar-refractivity contribution in [1.82, 2.24) is 4.98 Å². The topological polar surface area (TPSA) is 26.0 Å². The molecule has 0 spiro atoms. The van der Waals surface area contributed by atoms with Gasteiger partial charge in [-0.05, 0) is 24.6 Å². The maximum Gasteiger partial charge on any atom is 0.468 e. The Hall–Kier alpha value is -1.52. The number of aromatic nitrogens is 1. The molecule has 0 amide bonds. The van der Waals surface area contributed by atoms with E-state index in [9.17, 15) is 13.2 Å². The molecular formula is C9H6F3NO. The van der Waals surface area contributed by atoms with Crippen molar-refractivity contribution in [3.05, 3.63) is 29.7 Å². The highest BCUT2D eigenvalue weighted by Crippen LogP contribution is 2.31. The first-order chi connectivity index (χ1) is 6.47. The lowest BCUT2D eigenvalue weighted by Gasteiger charge is -1.97. The molecule has 74 valence electrons. The first-order valence-corrected chi connectivity index (χ1v) is 3.91. The van der Waals surface area contributed by atoms with E-state index in [1.807, 2.05) is 0 Å². The van der Waals surface area contributed by atoms with Crippen molar-refractivity contribution < 1.29 is 17.6 Å². The van der Waals surface area contributed by atoms with Gasteiger partial charge < -0.3 is 4.42 Å². The minimum atomic E-state index is -4.52. The van der Waals surface area contributed by atoms with Gasteiger partial charge in [0.2, 0.25) is 0 Å². The summed E-state index contributed by atoms with van der Waals surface area (Å²) in [6.45, 7) is 1.77. The van der Waals surface area contributed by atoms with Crippen molar-refractivity contribution in [2.75, 3.05) is 0 Å². The minimum absolute atomic E-state index is 0.164. The monoisotopic (exact) mass is 201 g/mol. The number of benzene rings is 1. The number of fused-ring (bicyclic) bond motifs is 1. The van der Waals surface area contributed by atoms with Gasteiger partial charge in [-0.15, -0.1) is 0 Å². The van der Waals surface area contributed by atoms with Crippen LogP contribution in [0.5, 0.6) is 0 Å². The smallest absolute Gasteiger partial charge is 0.433 e. The van der Waals surface area contributed by atoms with Gasteiger partial charge in [0.1, 0.15) is 5.52 Å². The van der Waals surface area contributed by atoms with Crippen molar-refractivity contribution in [2.45, 2.75) is 13.1 Å². The SMILES string of the molecule is Cc1ccc2nc(C(F)(F)F)oc2c1. The van der Waals surface area contributed by atoms with Gasteiger partial charge in [0, 0.05) is 0 Å². The normalized spacial score (nSPS) is 12.3. The predicted octanol–water partition coefficient (Wildman–Crippen LogP) is 3.16. The van der Waals surface area contributed by atoms with Crippen molar-refractivity contribution in [3.8, 4) is 0 Å². The van der Waals surface area contributed by atoms with E-state index in [4.69, 9.17) is 0 Å². The molecule has 0 aliphatic rings. The molecule has 0 saturated carbocycles. The van der Waals surface area contributed by atoms with Gasteiger partial charge in [-0.3, -0.25) is 0 Å². The summed E-state index contributed by atoms with van der Waals surface area (Å²) in [5.41, 5.74) is 1.22. The van der Waals surface area contributed by atoms with Crippen molar-refractivity contribution in [3.63, 3.8) is 0 Å². The number of oxazole rings is 1. The van der Waals surface area contributed by atoms with Crippen LogP contribution in [-0.2, 0) is 6.18 Å². The summed E-state index contributed by atoms with van der Waals surface area (Å²) in [5.74, 6) is -1.20. The number of hydrogen-bond donors (Lipinski definition) is 0. The van der Waals surface area contributed by atoms with Crippen LogP contribution in [0.4, 0.5) is 13.2 Å². The van der Waals surface area contributed by atoms with Gasteiger partial charge in [0.25, 0.3) is 0 Å². The summed E-state index contributed by atoms with van der Waals surface area (Å²) in [6, 6.07) is 4.71. The molecule has 0 bridgehead atoms. The lowest BCUT2D eigenvalue weighted by atomic mass is 10.2. The van der Waals surface area contributed by atoms with E-state index in [1.165, 1.54) is 12.1 Å². The maximum absolute atomic E-state index is 12.2. The van der Waals surface area contributed by atoms with Gasteiger partial charge in [-0.2, -0.15) is 13.2 Å². The quantitative estimate of drug-likeness (QED) is 0.654. The van der Waals surface area contributed by atoms with Gasteiger partial charge in [0.15, 0.2) is 5.58 Å². The molecule has 1 heterocycles. The highest BCUT2D eigenvalue weighted by Gasteiger charge is 2.37. The molecule has 0 radical (unpaired) electrons. The molecule has 14 heavy (non-hydrogen) atoms. The Morgan fingerprint density at radius 1 is 1.29 bits per heavy atom. The molecule has 0 N–H and O–H groups in total. The number of hydrogen-bond acceptors (Lipinski definition) is 2. The Balaban J connectivity index is 2.63. The second-order valence-corrected chi connectivity index (χ2v) is 2.99. The largest absolute Gasteiger partial charge is 0.468 e. The molecule has 0 unspecified atom stereocenters. The zero-order valence-electron chi connectivity index (χ0n) is 7.22. The van der Waals surface area contributed by atoms with Crippen LogP contribution < -0.4 is 0 Å². The fraction of sp³-hybridized carbons (Fsp3) is 0.222. The predicted molar refractivity (Wildman–Crippen MR) is 43.7 cm³/mol. The molecule has 2 nitrogen and oxygen atoms in total. The number of rotatable bonds is 0. The minimum Gasteiger partial charge on any atom is -0.433 e. The number of alkyl halides is 3. The third-order valence-corrected chi connectivity index (χ3v) is 1.79. The summed E-state index contributed by atoms with van der Waals surface area (Å²) in [4.78, 5) is 3.33. The third kappa shape index (κ3) is 1.45. The Kier molecular flexibility index (Phi) is 1.77. The molecule has 5 heteroatoms. The molecule has 1 aromatic carbocycles. The standard InChI is InChI=1S/C9H6F3NO/c1-5-2-3-6-7(4-5)14-8(13-6)9(10,11)12/h2-4H,1H3. The Labute approximate surface area is 77.4 Å². The van der Waals surface area contributed by atoms with E-state index >= 15 is 0 Å². The van der Waals surface area contributed by atoms with Crippen LogP contribution in [0.2, 0.25) is 0 Å². The maximum atomic E-state index is 12.2. The molecule has 0 saturated heterocycles. The lowest BCUT2D eigenvalue weighted by molar-refractivity contribution is -0.156. The zero-order chi connectivity index (χ0) is 10.3. The van der Waals surface area contributed by atoms with Gasteiger partial charge in [-0.1, -0.05) is 6.07 Å². The molecular weight excluding hydrogens is 195 g/mol. The van der Waals surface area contributed by atoms with Crippen LogP contribution in [0.25, 0.3) is 11.1 Å². The highest BCUT2D eigenvalue weighted by molar-refractivity contribution is 5.73. The Bertz CT molecular complexity index is 472. The van der Waals surface area contributed by atoms with Crippen LogP contribution in [0.15, 0.2) is 22.6 Å². The van der Waals surface area contributed by atoms with E-state index < -0.39 is 12.1 Å². The van der Waals surface area contributed by atoms with Crippen molar-refractivity contribution in [1.29, 1.82) is 0 Å². The average Bonchev–Trinajstić information content (AvgIpc) is 2.45. The Morgan fingerprint density at radius 2 is 2.00 bits per heavy atom. The van der Waals surface area contributed by atoms with E-state index in [2.05, 4.69) is 9.40 Å². The first-order valence-electron chi connectivity index (χ1n) is 3.91. The van der Waals surface area contributed by atoms with Gasteiger partial charge in [-0.25, -0.2) is 4.98 Å². The van der Waals surface area contributed by atoms with Crippen LogP contribution in [-0.4, -0.2) is 4.98 Å². The summed E-state index contributed by atoms with van der Waals surface area (Å²) in [7, 11) is 0. The van der Waals surface area contributed by atoms with Crippen LogP contribution in [0.1, 0.15) is 11.5 Å². The summed E-state index contributed by atoms with van der Waals surface area (Å²) in [5, 5.41) is 0. The number of halogens is 3. The zero-order valence-corrected chi connectivity index (χ0v) is 7.22. The third-order valence-electron chi connectivity index (χ3n) is 1.79. The van der Waals surface area contributed by atoms with E-state index in [0.717, 1.165) is 5.56 Å². The second kappa shape index (κ2) is 2.73. The van der Waals surface area contributed by atoms with Gasteiger partial charge >= 0.3 is 12.1 Å². The number of nitrogens with zero attached hydrogens (tertiary/aromatic N) is 1. The fourth-order valence-corrected chi connectivity index (χ4v) is 1.15. The fourth-order valence-electron chi connectivity index (χ4n) is 1.15. The number of aryl methyl sites for hydroxylation is 1. The lowest BCUT2D eigenvalue weighted by Crippen LogP contribution is -2.04. The van der Waals surface area contributed by atoms with Gasteiger partial charge in [0.05, 0.1) is 0 Å². The molecule has 2 aromatic rings. The molecule has 0 atom stereocenters. The van der Waals surface area contributed by atoms with Crippen molar-refractivity contribution in [2.24, 2.45) is 0 Å². The van der Waals surface area contributed by atoms with Crippen LogP contribution in [0.3, 0.4) is 0 Å². The summed E-state index contributed by atoms with van der Waals surface area (Å²) >= 11 is 0. The van der Waals surface area contributed by atoms with E-state index in [1.54, 1.807) is 13.0 Å². The second-order valence-electron chi connectivity index (χ2n) is 2.99. The van der Waals surface area contributed by atoms with Crippen molar-refractivity contribution >= 4 is 11.1 Å². The first kappa shape index (κ1) is 9.05. The van der Waals surface area contributed by atoms with Crippen LogP contribution >= 0.6 is 0 Å². The molecule has 0 fully saturated rings. The highest BCUT2D eigenvalue weighted by atomic mass is 19.4. The Morgan fingerprint density at radius 3 is 2.64 bits per heavy atom. The summed E-state index contributed by atoms with van der Waals surface area (Å²) < 4.78 is 41.1. The summed E-state index contributed by atoms with van der Waals surface area (Å²) in [6.07, 6.45) is -4.52. The van der Waals surface area contributed by atoms with E-state index in [-0.39, 0.29) is 11.1 Å². The van der Waals surface area contributed by atoms with Crippen LogP contribution in [0, 0.1) is 6.92 Å². The molecule has 0 aliphatic heterocycles. The molecule has 0 aliphatic carbocycles. The molecule has 1 aromatic heterocycles. The average molecular weight is 201 g/mol. The molecule has 2 rings (SSSR count). The van der Waals surface area contributed by atoms with E-state index in [0.29, 0.717) is 0 Å².